The van der Waals surface area contributed by atoms with Gasteiger partial charge in [-0.2, -0.15) is 0 Å². The molecule has 0 radical (unpaired) electrons. The maximum absolute atomic E-state index is 12.7. The number of carbonyl (C=O) groups excluding carboxylic acids is 2. The molecule has 0 unspecified atom stereocenters. The molecule has 0 bridgehead atoms. The lowest BCUT2D eigenvalue weighted by Crippen LogP contribution is -2.35. The van der Waals surface area contributed by atoms with Gasteiger partial charge in [-0.1, -0.05) is 24.5 Å². The molecular weight excluding hydrogens is 264 g/mol. The molecule has 0 spiro atoms. The van der Waals surface area contributed by atoms with E-state index < -0.39 is 0 Å². The van der Waals surface area contributed by atoms with Crippen molar-refractivity contribution in [3.05, 3.63) is 35.0 Å². The molecule has 1 fully saturated rings. The number of rotatable bonds is 3. The van der Waals surface area contributed by atoms with Gasteiger partial charge in [-0.15, -0.1) is 0 Å². The van der Waals surface area contributed by atoms with E-state index in [0.717, 1.165) is 35.6 Å². The fourth-order valence-electron chi connectivity index (χ4n) is 3.25. The number of H-pyrrole nitrogens is 1. The molecule has 110 valence electrons. The average Bonchev–Trinajstić information content (AvgIpc) is 3.12. The van der Waals surface area contributed by atoms with Crippen LogP contribution >= 0.6 is 0 Å². The van der Waals surface area contributed by atoms with Crippen LogP contribution in [0.3, 0.4) is 0 Å². The summed E-state index contributed by atoms with van der Waals surface area (Å²) in [5.74, 6) is -0.0853. The molecule has 1 heterocycles. The molecule has 2 aromatic rings. The first-order valence-corrected chi connectivity index (χ1v) is 7.46. The molecule has 0 aliphatic heterocycles. The number of hydrogen-bond acceptors (Lipinski definition) is 2. The molecule has 4 heteroatoms. The Morgan fingerprint density at radius 3 is 2.71 bits per heavy atom. The molecule has 1 N–H and O–H groups in total. The number of fused-ring (bicyclic) bond motifs is 1. The van der Waals surface area contributed by atoms with Gasteiger partial charge in [0.25, 0.3) is 5.91 Å². The molecule has 1 aliphatic rings. The summed E-state index contributed by atoms with van der Waals surface area (Å²) in [4.78, 5) is 29.1. The van der Waals surface area contributed by atoms with Crippen molar-refractivity contribution in [1.82, 2.24) is 9.88 Å². The lowest BCUT2D eigenvalue weighted by atomic mass is 10.1. The number of nitrogens with one attached hydrogen (secondary N) is 1. The standard InChI is InChI=1S/C17H20N2O2/c1-11-7-8-15-13(9-11)14(10-20)16(18-15)17(21)19(2)12-5-3-4-6-12/h7-10,12,18H,3-6H2,1-2H3. The molecule has 1 amide bonds. The first kappa shape index (κ1) is 13.9. The van der Waals surface area contributed by atoms with E-state index in [-0.39, 0.29) is 5.91 Å². The van der Waals surface area contributed by atoms with Crippen LogP contribution in [0.25, 0.3) is 10.9 Å². The number of hydrogen-bond donors (Lipinski definition) is 1. The number of aromatic nitrogens is 1. The Morgan fingerprint density at radius 2 is 2.05 bits per heavy atom. The smallest absolute Gasteiger partial charge is 0.271 e. The van der Waals surface area contributed by atoms with E-state index in [2.05, 4.69) is 4.98 Å². The predicted octanol–water partition coefficient (Wildman–Crippen LogP) is 3.30. The van der Waals surface area contributed by atoms with E-state index >= 15 is 0 Å². The van der Waals surface area contributed by atoms with Crippen LogP contribution in [0.5, 0.6) is 0 Å². The van der Waals surface area contributed by atoms with Gasteiger partial charge in [0.1, 0.15) is 5.69 Å². The van der Waals surface area contributed by atoms with E-state index in [1.807, 2.05) is 32.2 Å². The third-order valence-corrected chi connectivity index (χ3v) is 4.52. The van der Waals surface area contributed by atoms with Crippen molar-refractivity contribution in [2.75, 3.05) is 7.05 Å². The summed E-state index contributed by atoms with van der Waals surface area (Å²) in [6, 6.07) is 6.14. The zero-order valence-corrected chi connectivity index (χ0v) is 12.5. The van der Waals surface area contributed by atoms with Gasteiger partial charge >= 0.3 is 0 Å². The quantitative estimate of drug-likeness (QED) is 0.879. The maximum Gasteiger partial charge on any atom is 0.271 e. The van der Waals surface area contributed by atoms with E-state index in [1.165, 1.54) is 12.8 Å². The van der Waals surface area contributed by atoms with E-state index in [4.69, 9.17) is 0 Å². The number of carbonyl (C=O) groups is 2. The summed E-state index contributed by atoms with van der Waals surface area (Å²) in [7, 11) is 1.84. The first-order valence-electron chi connectivity index (χ1n) is 7.46. The lowest BCUT2D eigenvalue weighted by molar-refractivity contribution is 0.0727. The van der Waals surface area contributed by atoms with E-state index in [1.54, 1.807) is 4.90 Å². The van der Waals surface area contributed by atoms with Crippen molar-refractivity contribution < 1.29 is 9.59 Å². The Hall–Kier alpha value is -2.10. The van der Waals surface area contributed by atoms with Crippen LogP contribution < -0.4 is 0 Å². The van der Waals surface area contributed by atoms with Crippen LogP contribution in [0.2, 0.25) is 0 Å². The summed E-state index contributed by atoms with van der Waals surface area (Å²) in [5.41, 5.74) is 2.81. The summed E-state index contributed by atoms with van der Waals surface area (Å²) >= 11 is 0. The Labute approximate surface area is 124 Å². The number of aldehydes is 1. The Balaban J connectivity index is 2.02. The summed E-state index contributed by atoms with van der Waals surface area (Å²) in [6.45, 7) is 1.98. The highest BCUT2D eigenvalue weighted by Gasteiger charge is 2.27. The number of aryl methyl sites for hydroxylation is 1. The van der Waals surface area contributed by atoms with Crippen LogP contribution in [0.15, 0.2) is 18.2 Å². The molecular formula is C17H20N2O2. The van der Waals surface area contributed by atoms with Gasteiger partial charge in [-0.25, -0.2) is 0 Å². The first-order chi connectivity index (χ1) is 10.1. The monoisotopic (exact) mass is 284 g/mol. The fourth-order valence-corrected chi connectivity index (χ4v) is 3.25. The zero-order valence-electron chi connectivity index (χ0n) is 12.5. The van der Waals surface area contributed by atoms with Crippen LogP contribution in [0.4, 0.5) is 0 Å². The van der Waals surface area contributed by atoms with Crippen molar-refractivity contribution in [2.24, 2.45) is 0 Å². The minimum Gasteiger partial charge on any atom is -0.350 e. The molecule has 0 atom stereocenters. The van der Waals surface area contributed by atoms with Gasteiger partial charge in [-0.3, -0.25) is 9.59 Å². The van der Waals surface area contributed by atoms with Crippen molar-refractivity contribution in [2.45, 2.75) is 38.6 Å². The largest absolute Gasteiger partial charge is 0.350 e. The van der Waals surface area contributed by atoms with Crippen LogP contribution in [-0.4, -0.2) is 35.2 Å². The highest BCUT2D eigenvalue weighted by atomic mass is 16.2. The number of benzene rings is 1. The predicted molar refractivity (Wildman–Crippen MR) is 82.8 cm³/mol. The van der Waals surface area contributed by atoms with Crippen LogP contribution in [0, 0.1) is 6.92 Å². The molecule has 4 nitrogen and oxygen atoms in total. The van der Waals surface area contributed by atoms with Gasteiger partial charge in [-0.05, 0) is 31.9 Å². The van der Waals surface area contributed by atoms with Gasteiger partial charge in [0.2, 0.25) is 0 Å². The normalized spacial score (nSPS) is 15.5. The number of amides is 1. The van der Waals surface area contributed by atoms with Gasteiger partial charge in [0.05, 0.1) is 5.56 Å². The maximum atomic E-state index is 12.7. The molecule has 1 aromatic carbocycles. The molecule has 3 rings (SSSR count). The van der Waals surface area contributed by atoms with Crippen molar-refractivity contribution in [3.63, 3.8) is 0 Å². The Bertz CT molecular complexity index is 696. The molecule has 1 aromatic heterocycles. The molecule has 1 aliphatic carbocycles. The SMILES string of the molecule is Cc1ccc2[nH]c(C(=O)N(C)C3CCCC3)c(C=O)c2c1. The van der Waals surface area contributed by atoms with E-state index in [9.17, 15) is 9.59 Å². The lowest BCUT2D eigenvalue weighted by Gasteiger charge is -2.23. The Kier molecular flexibility index (Phi) is 3.53. The highest BCUT2D eigenvalue weighted by molar-refractivity contribution is 6.09. The second-order valence-corrected chi connectivity index (χ2v) is 5.93. The second kappa shape index (κ2) is 5.35. The van der Waals surface area contributed by atoms with Crippen molar-refractivity contribution in [3.8, 4) is 0 Å². The Morgan fingerprint density at radius 1 is 1.33 bits per heavy atom. The summed E-state index contributed by atoms with van der Waals surface area (Å²) in [5, 5.41) is 0.827. The topological polar surface area (TPSA) is 53.2 Å². The zero-order chi connectivity index (χ0) is 15.0. The number of aromatic amines is 1. The van der Waals surface area contributed by atoms with Crippen LogP contribution in [0.1, 0.15) is 52.1 Å². The summed E-state index contributed by atoms with van der Waals surface area (Å²) < 4.78 is 0. The third-order valence-electron chi connectivity index (χ3n) is 4.52. The number of nitrogens with zero attached hydrogens (tertiary/aromatic N) is 1. The van der Waals surface area contributed by atoms with Gasteiger partial charge in [0, 0.05) is 24.0 Å². The average molecular weight is 284 g/mol. The molecule has 0 saturated heterocycles. The third kappa shape index (κ3) is 2.35. The second-order valence-electron chi connectivity index (χ2n) is 5.93. The van der Waals surface area contributed by atoms with E-state index in [0.29, 0.717) is 17.3 Å². The molecule has 21 heavy (non-hydrogen) atoms. The van der Waals surface area contributed by atoms with Gasteiger partial charge in [0.15, 0.2) is 6.29 Å². The van der Waals surface area contributed by atoms with Crippen molar-refractivity contribution in [1.29, 1.82) is 0 Å². The minimum atomic E-state index is -0.0853. The molecule has 1 saturated carbocycles. The minimum absolute atomic E-state index is 0.0853. The van der Waals surface area contributed by atoms with Gasteiger partial charge < -0.3 is 9.88 Å². The summed E-state index contributed by atoms with van der Waals surface area (Å²) in [6.07, 6.45) is 5.24. The van der Waals surface area contributed by atoms with Crippen LogP contribution in [-0.2, 0) is 0 Å². The van der Waals surface area contributed by atoms with Crippen molar-refractivity contribution >= 4 is 23.1 Å². The highest BCUT2D eigenvalue weighted by Crippen LogP contribution is 2.27. The fraction of sp³-hybridized carbons (Fsp3) is 0.412.